The van der Waals surface area contributed by atoms with Crippen LogP contribution < -0.4 is 4.90 Å². The van der Waals surface area contributed by atoms with Gasteiger partial charge in [-0.2, -0.15) is 5.26 Å². The zero-order chi connectivity index (χ0) is 10.6. The summed E-state index contributed by atoms with van der Waals surface area (Å²) in [5, 5.41) is 12.2. The number of hydrogen-bond acceptors (Lipinski definition) is 3. The Bertz CT molecular complexity index is 324. The number of nitrogens with zero attached hydrogens (tertiary/aromatic N) is 2. The molecule has 14 heavy (non-hydrogen) atoms. The van der Waals surface area contributed by atoms with E-state index in [1.807, 2.05) is 0 Å². The minimum absolute atomic E-state index is 0.140. The highest BCUT2D eigenvalue weighted by Crippen LogP contribution is 2.26. The van der Waals surface area contributed by atoms with E-state index in [1.54, 1.807) is 11.3 Å². The normalized spacial score (nSPS) is 12.1. The Hall–Kier alpha value is -1.01. The second-order valence-electron chi connectivity index (χ2n) is 3.52. The molecule has 0 amide bonds. The number of rotatable bonds is 4. The maximum absolute atomic E-state index is 8.87. The van der Waals surface area contributed by atoms with Gasteiger partial charge in [0.25, 0.3) is 0 Å². The van der Waals surface area contributed by atoms with Gasteiger partial charge in [-0.25, -0.2) is 0 Å². The van der Waals surface area contributed by atoms with Crippen LogP contribution in [0.25, 0.3) is 0 Å². The van der Waals surface area contributed by atoms with Gasteiger partial charge in [-0.1, -0.05) is 6.92 Å². The molecule has 76 valence electrons. The van der Waals surface area contributed by atoms with Crippen LogP contribution in [-0.4, -0.2) is 13.6 Å². The third-order valence-corrected chi connectivity index (χ3v) is 3.48. The van der Waals surface area contributed by atoms with E-state index in [1.165, 1.54) is 10.6 Å². The standard InChI is InChI=1S/C11H16N2S/c1-4-10(7-12)8-13(3)11-9(2)5-6-14-11/h5-6,10H,4,8H2,1-3H3. The summed E-state index contributed by atoms with van der Waals surface area (Å²) in [5.41, 5.74) is 1.30. The molecule has 3 heteroatoms. The Morgan fingerprint density at radius 2 is 2.36 bits per heavy atom. The van der Waals surface area contributed by atoms with Crippen molar-refractivity contribution in [3.63, 3.8) is 0 Å². The molecule has 0 aliphatic rings. The average molecular weight is 208 g/mol. The van der Waals surface area contributed by atoms with Gasteiger partial charge in [-0.15, -0.1) is 11.3 Å². The van der Waals surface area contributed by atoms with Crippen LogP contribution in [0, 0.1) is 24.2 Å². The summed E-state index contributed by atoms with van der Waals surface area (Å²) < 4.78 is 0. The molecule has 1 atom stereocenters. The Morgan fingerprint density at radius 3 is 2.79 bits per heavy atom. The van der Waals surface area contributed by atoms with Crippen molar-refractivity contribution in [2.24, 2.45) is 5.92 Å². The van der Waals surface area contributed by atoms with E-state index >= 15 is 0 Å². The molecular weight excluding hydrogens is 192 g/mol. The van der Waals surface area contributed by atoms with Gasteiger partial charge in [-0.3, -0.25) is 0 Å². The molecule has 0 radical (unpaired) electrons. The van der Waals surface area contributed by atoms with Gasteiger partial charge in [0.05, 0.1) is 17.0 Å². The molecule has 1 aromatic rings. The summed E-state index contributed by atoms with van der Waals surface area (Å²) >= 11 is 1.74. The summed E-state index contributed by atoms with van der Waals surface area (Å²) in [6.07, 6.45) is 0.922. The second kappa shape index (κ2) is 5.02. The van der Waals surface area contributed by atoms with E-state index in [9.17, 15) is 0 Å². The predicted octanol–water partition coefficient (Wildman–Crippen LogP) is 3.04. The molecule has 1 aromatic heterocycles. The van der Waals surface area contributed by atoms with E-state index in [-0.39, 0.29) is 5.92 Å². The summed E-state index contributed by atoms with van der Waals surface area (Å²) in [4.78, 5) is 2.18. The molecule has 0 aromatic carbocycles. The van der Waals surface area contributed by atoms with Crippen LogP contribution in [0.2, 0.25) is 0 Å². The fourth-order valence-electron chi connectivity index (χ4n) is 1.43. The number of hydrogen-bond donors (Lipinski definition) is 0. The van der Waals surface area contributed by atoms with Crippen LogP contribution in [0.15, 0.2) is 11.4 Å². The zero-order valence-corrected chi connectivity index (χ0v) is 9.77. The first-order valence-corrected chi connectivity index (χ1v) is 5.71. The molecule has 0 N–H and O–H groups in total. The van der Waals surface area contributed by atoms with Crippen molar-refractivity contribution in [3.05, 3.63) is 17.0 Å². The number of aryl methyl sites for hydroxylation is 1. The highest BCUT2D eigenvalue weighted by molar-refractivity contribution is 7.14. The van der Waals surface area contributed by atoms with Crippen LogP contribution >= 0.6 is 11.3 Å². The Morgan fingerprint density at radius 1 is 1.64 bits per heavy atom. The van der Waals surface area contributed by atoms with Gasteiger partial charge in [0.15, 0.2) is 0 Å². The molecule has 0 aliphatic heterocycles. The highest BCUT2D eigenvalue weighted by Gasteiger charge is 2.11. The monoisotopic (exact) mass is 208 g/mol. The second-order valence-corrected chi connectivity index (χ2v) is 4.42. The van der Waals surface area contributed by atoms with E-state index in [2.05, 4.69) is 43.3 Å². The van der Waals surface area contributed by atoms with Crippen LogP contribution in [-0.2, 0) is 0 Å². The highest BCUT2D eigenvalue weighted by atomic mass is 32.1. The van der Waals surface area contributed by atoms with Gasteiger partial charge < -0.3 is 4.90 Å². The number of nitriles is 1. The lowest BCUT2D eigenvalue weighted by atomic mass is 10.1. The lowest BCUT2D eigenvalue weighted by molar-refractivity contribution is 0.632. The largest absolute Gasteiger partial charge is 0.365 e. The SMILES string of the molecule is CCC(C#N)CN(C)c1sccc1C. The maximum atomic E-state index is 8.87. The molecule has 2 nitrogen and oxygen atoms in total. The Kier molecular flexibility index (Phi) is 3.97. The fraction of sp³-hybridized carbons (Fsp3) is 0.545. The van der Waals surface area contributed by atoms with Crippen LogP contribution in [0.4, 0.5) is 5.00 Å². The lowest BCUT2D eigenvalue weighted by Crippen LogP contribution is -2.23. The third-order valence-electron chi connectivity index (χ3n) is 2.35. The smallest absolute Gasteiger partial charge is 0.0936 e. The van der Waals surface area contributed by atoms with Crippen molar-refractivity contribution in [2.75, 3.05) is 18.5 Å². The molecule has 0 fully saturated rings. The number of anilines is 1. The van der Waals surface area contributed by atoms with E-state index < -0.39 is 0 Å². The molecule has 1 unspecified atom stereocenters. The minimum Gasteiger partial charge on any atom is -0.365 e. The molecule has 0 bridgehead atoms. The lowest BCUT2D eigenvalue weighted by Gasteiger charge is -2.20. The van der Waals surface area contributed by atoms with Crippen molar-refractivity contribution < 1.29 is 0 Å². The molecule has 0 spiro atoms. The zero-order valence-electron chi connectivity index (χ0n) is 8.95. The average Bonchev–Trinajstić information content (AvgIpc) is 2.60. The first-order chi connectivity index (χ1) is 6.69. The van der Waals surface area contributed by atoms with Crippen molar-refractivity contribution in [2.45, 2.75) is 20.3 Å². The molecular formula is C11H16N2S. The van der Waals surface area contributed by atoms with Gasteiger partial charge >= 0.3 is 0 Å². The number of thiophene rings is 1. The topological polar surface area (TPSA) is 27.0 Å². The molecule has 0 aliphatic carbocycles. The molecule has 0 saturated heterocycles. The fourth-order valence-corrected chi connectivity index (χ4v) is 2.34. The van der Waals surface area contributed by atoms with Crippen molar-refractivity contribution in [3.8, 4) is 6.07 Å². The van der Waals surface area contributed by atoms with Crippen molar-refractivity contribution >= 4 is 16.3 Å². The molecule has 1 heterocycles. The molecule has 0 saturated carbocycles. The summed E-state index contributed by atoms with van der Waals surface area (Å²) in [5.74, 6) is 0.140. The van der Waals surface area contributed by atoms with Gasteiger partial charge in [-0.05, 0) is 30.4 Å². The maximum Gasteiger partial charge on any atom is 0.0936 e. The summed E-state index contributed by atoms with van der Waals surface area (Å²) in [6.45, 7) is 4.99. The van der Waals surface area contributed by atoms with Crippen molar-refractivity contribution in [1.29, 1.82) is 5.26 Å². The van der Waals surface area contributed by atoms with E-state index in [4.69, 9.17) is 5.26 Å². The van der Waals surface area contributed by atoms with E-state index in [0.717, 1.165) is 13.0 Å². The first-order valence-electron chi connectivity index (χ1n) is 4.83. The van der Waals surface area contributed by atoms with Crippen LogP contribution in [0.1, 0.15) is 18.9 Å². The quantitative estimate of drug-likeness (QED) is 0.760. The minimum atomic E-state index is 0.140. The third kappa shape index (κ3) is 2.49. The predicted molar refractivity (Wildman–Crippen MR) is 61.7 cm³/mol. The van der Waals surface area contributed by atoms with Crippen LogP contribution in [0.5, 0.6) is 0 Å². The first kappa shape index (κ1) is 11.1. The van der Waals surface area contributed by atoms with Gasteiger partial charge in [0.2, 0.25) is 0 Å². The van der Waals surface area contributed by atoms with E-state index in [0.29, 0.717) is 0 Å². The van der Waals surface area contributed by atoms with Gasteiger partial charge in [0, 0.05) is 13.6 Å². The van der Waals surface area contributed by atoms with Gasteiger partial charge in [0.1, 0.15) is 0 Å². The Labute approximate surface area is 89.8 Å². The molecule has 1 rings (SSSR count). The van der Waals surface area contributed by atoms with Crippen LogP contribution in [0.3, 0.4) is 0 Å². The van der Waals surface area contributed by atoms with Crippen molar-refractivity contribution in [1.82, 2.24) is 0 Å². The summed E-state index contributed by atoms with van der Waals surface area (Å²) in [7, 11) is 2.05. The Balaban J connectivity index is 2.63. The summed E-state index contributed by atoms with van der Waals surface area (Å²) in [6, 6.07) is 4.44.